The number of nitrogens with zero attached hydrogens (tertiary/aromatic N) is 3. The van der Waals surface area contributed by atoms with Crippen molar-refractivity contribution in [3.8, 4) is 11.4 Å². The van der Waals surface area contributed by atoms with Crippen molar-refractivity contribution in [2.45, 2.75) is 26.4 Å². The van der Waals surface area contributed by atoms with Crippen LogP contribution in [0, 0.1) is 6.92 Å². The summed E-state index contributed by atoms with van der Waals surface area (Å²) >= 11 is 0. The minimum Gasteiger partial charge on any atom is -0.393 e. The van der Waals surface area contributed by atoms with Gasteiger partial charge in [0.25, 0.3) is 0 Å². The maximum atomic E-state index is 9.20. The maximum absolute atomic E-state index is 9.20. The van der Waals surface area contributed by atoms with Crippen molar-refractivity contribution < 1.29 is 9.63 Å². The van der Waals surface area contributed by atoms with Gasteiger partial charge >= 0.3 is 0 Å². The molecule has 0 radical (unpaired) electrons. The molecule has 1 atom stereocenters. The van der Waals surface area contributed by atoms with Crippen molar-refractivity contribution in [2.75, 3.05) is 0 Å². The van der Waals surface area contributed by atoms with Crippen molar-refractivity contribution in [2.24, 2.45) is 0 Å². The number of aromatic nitrogens is 3. The minimum atomic E-state index is -0.480. The average Bonchev–Trinajstić information content (AvgIpc) is 2.66. The highest BCUT2D eigenvalue weighted by atomic mass is 16.5. The van der Waals surface area contributed by atoms with E-state index in [0.29, 0.717) is 18.1 Å². The Balaban J connectivity index is 2.28. The number of hydrogen-bond donors (Lipinski definition) is 1. The third-order valence-electron chi connectivity index (χ3n) is 2.20. The molecule has 1 N–H and O–H groups in total. The summed E-state index contributed by atoms with van der Waals surface area (Å²) in [6, 6.07) is 1.84. The Hall–Kier alpha value is -1.75. The smallest absolute Gasteiger partial charge is 0.229 e. The first kappa shape index (κ1) is 10.8. The van der Waals surface area contributed by atoms with Gasteiger partial charge in [0.1, 0.15) is 0 Å². The lowest BCUT2D eigenvalue weighted by Crippen LogP contribution is -2.04. The van der Waals surface area contributed by atoms with Crippen LogP contribution in [0.2, 0.25) is 0 Å². The summed E-state index contributed by atoms with van der Waals surface area (Å²) in [5, 5.41) is 13.1. The molecule has 2 aromatic heterocycles. The van der Waals surface area contributed by atoms with Crippen molar-refractivity contribution in [3.05, 3.63) is 29.9 Å². The van der Waals surface area contributed by atoms with Gasteiger partial charge in [0.05, 0.1) is 12.5 Å². The van der Waals surface area contributed by atoms with Crippen LogP contribution < -0.4 is 0 Å². The fourth-order valence-electron chi connectivity index (χ4n) is 1.42. The van der Waals surface area contributed by atoms with Crippen LogP contribution in [0.3, 0.4) is 0 Å². The van der Waals surface area contributed by atoms with Gasteiger partial charge in [-0.3, -0.25) is 4.98 Å². The van der Waals surface area contributed by atoms with Crippen molar-refractivity contribution in [1.82, 2.24) is 15.1 Å². The molecule has 5 nitrogen and oxygen atoms in total. The molecule has 0 saturated heterocycles. The normalized spacial score (nSPS) is 12.7. The first-order chi connectivity index (χ1) is 7.66. The molecule has 2 aromatic rings. The van der Waals surface area contributed by atoms with Gasteiger partial charge in [-0.15, -0.1) is 0 Å². The van der Waals surface area contributed by atoms with Crippen LogP contribution in [0.1, 0.15) is 18.4 Å². The standard InChI is InChI=1S/C11H13N3O2/c1-7-6-12-4-3-9(7)11-13-10(16-14-11)5-8(2)15/h3-4,6,8,15H,5H2,1-2H3. The molecule has 0 bridgehead atoms. The molecule has 0 aliphatic carbocycles. The fourth-order valence-corrected chi connectivity index (χ4v) is 1.42. The highest BCUT2D eigenvalue weighted by Gasteiger charge is 2.11. The molecule has 0 fully saturated rings. The van der Waals surface area contributed by atoms with E-state index in [1.165, 1.54) is 0 Å². The monoisotopic (exact) mass is 219 g/mol. The fraction of sp³-hybridized carbons (Fsp3) is 0.364. The van der Waals surface area contributed by atoms with E-state index in [1.807, 2.05) is 13.0 Å². The van der Waals surface area contributed by atoms with Crippen molar-refractivity contribution >= 4 is 0 Å². The second kappa shape index (κ2) is 4.40. The van der Waals surface area contributed by atoms with Gasteiger partial charge in [-0.25, -0.2) is 0 Å². The van der Waals surface area contributed by atoms with Gasteiger partial charge in [0.2, 0.25) is 11.7 Å². The summed E-state index contributed by atoms with van der Waals surface area (Å²) in [7, 11) is 0. The van der Waals surface area contributed by atoms with E-state index in [2.05, 4.69) is 15.1 Å². The Kier molecular flexibility index (Phi) is 2.96. The largest absolute Gasteiger partial charge is 0.393 e. The summed E-state index contributed by atoms with van der Waals surface area (Å²) in [4.78, 5) is 8.22. The number of aliphatic hydroxyl groups is 1. The first-order valence-electron chi connectivity index (χ1n) is 5.08. The predicted octanol–water partition coefficient (Wildman–Crippen LogP) is 1.36. The molecule has 5 heteroatoms. The number of hydrogen-bond acceptors (Lipinski definition) is 5. The second-order valence-corrected chi connectivity index (χ2v) is 3.76. The number of aryl methyl sites for hydroxylation is 1. The van der Waals surface area contributed by atoms with Crippen LogP contribution in [-0.4, -0.2) is 26.3 Å². The summed E-state index contributed by atoms with van der Waals surface area (Å²) in [5.74, 6) is 0.983. The highest BCUT2D eigenvalue weighted by Crippen LogP contribution is 2.19. The van der Waals surface area contributed by atoms with Crippen LogP contribution in [0.5, 0.6) is 0 Å². The zero-order valence-electron chi connectivity index (χ0n) is 9.21. The lowest BCUT2D eigenvalue weighted by molar-refractivity contribution is 0.181. The third-order valence-corrected chi connectivity index (χ3v) is 2.20. The summed E-state index contributed by atoms with van der Waals surface area (Å²) in [6.07, 6.45) is 3.33. The average molecular weight is 219 g/mol. The van der Waals surface area contributed by atoms with Crippen molar-refractivity contribution in [1.29, 1.82) is 0 Å². The van der Waals surface area contributed by atoms with Crippen LogP contribution in [0.25, 0.3) is 11.4 Å². The molecule has 84 valence electrons. The Morgan fingerprint density at radius 2 is 2.31 bits per heavy atom. The maximum Gasteiger partial charge on any atom is 0.229 e. The van der Waals surface area contributed by atoms with Crippen LogP contribution >= 0.6 is 0 Å². The van der Waals surface area contributed by atoms with Gasteiger partial charge in [-0.2, -0.15) is 4.98 Å². The molecule has 0 amide bonds. The molecule has 0 aliphatic rings. The first-order valence-corrected chi connectivity index (χ1v) is 5.08. The Morgan fingerprint density at radius 1 is 1.50 bits per heavy atom. The minimum absolute atomic E-state index is 0.372. The summed E-state index contributed by atoms with van der Waals surface area (Å²) in [5.41, 5.74) is 1.89. The SMILES string of the molecule is Cc1cnccc1-c1noc(CC(C)O)n1. The van der Waals surface area contributed by atoms with Crippen molar-refractivity contribution in [3.63, 3.8) is 0 Å². The Labute approximate surface area is 93.1 Å². The molecule has 2 rings (SSSR count). The summed E-state index contributed by atoms with van der Waals surface area (Å²) in [6.45, 7) is 3.62. The molecule has 0 spiro atoms. The number of aliphatic hydroxyl groups excluding tert-OH is 1. The predicted molar refractivity (Wildman–Crippen MR) is 57.7 cm³/mol. The van der Waals surface area contributed by atoms with Gasteiger partial charge in [-0.1, -0.05) is 5.16 Å². The van der Waals surface area contributed by atoms with E-state index < -0.39 is 6.10 Å². The van der Waals surface area contributed by atoms with E-state index in [1.54, 1.807) is 19.3 Å². The van der Waals surface area contributed by atoms with Crippen LogP contribution in [0.15, 0.2) is 23.0 Å². The van der Waals surface area contributed by atoms with E-state index >= 15 is 0 Å². The molecular weight excluding hydrogens is 206 g/mol. The number of pyridine rings is 1. The lowest BCUT2D eigenvalue weighted by atomic mass is 10.1. The molecule has 1 unspecified atom stereocenters. The molecular formula is C11H13N3O2. The second-order valence-electron chi connectivity index (χ2n) is 3.76. The van der Waals surface area contributed by atoms with E-state index in [0.717, 1.165) is 11.1 Å². The van der Waals surface area contributed by atoms with E-state index in [-0.39, 0.29) is 0 Å². The zero-order chi connectivity index (χ0) is 11.5. The number of rotatable bonds is 3. The Morgan fingerprint density at radius 3 is 3.00 bits per heavy atom. The third kappa shape index (κ3) is 2.25. The zero-order valence-corrected chi connectivity index (χ0v) is 9.21. The van der Waals surface area contributed by atoms with Crippen LogP contribution in [0.4, 0.5) is 0 Å². The molecule has 0 aromatic carbocycles. The molecule has 0 aliphatic heterocycles. The molecule has 16 heavy (non-hydrogen) atoms. The Bertz CT molecular complexity index is 480. The van der Waals surface area contributed by atoms with Gasteiger partial charge in [0, 0.05) is 18.0 Å². The van der Waals surface area contributed by atoms with Crippen LogP contribution in [-0.2, 0) is 6.42 Å². The molecule has 0 saturated carbocycles. The quantitative estimate of drug-likeness (QED) is 0.843. The lowest BCUT2D eigenvalue weighted by Gasteiger charge is -1.98. The van der Waals surface area contributed by atoms with E-state index in [9.17, 15) is 5.11 Å². The van der Waals surface area contributed by atoms with Gasteiger partial charge in [0.15, 0.2) is 0 Å². The van der Waals surface area contributed by atoms with Gasteiger partial charge in [-0.05, 0) is 25.5 Å². The molecule has 2 heterocycles. The summed E-state index contributed by atoms with van der Waals surface area (Å²) < 4.78 is 5.04. The van der Waals surface area contributed by atoms with E-state index in [4.69, 9.17) is 4.52 Å². The topological polar surface area (TPSA) is 72.0 Å². The van der Waals surface area contributed by atoms with Gasteiger partial charge < -0.3 is 9.63 Å². The highest BCUT2D eigenvalue weighted by molar-refractivity contribution is 5.57.